The van der Waals surface area contributed by atoms with Crippen LogP contribution in [0.15, 0.2) is 65.9 Å². The first kappa shape index (κ1) is 18.4. The molecule has 1 aromatic carbocycles. The zero-order chi connectivity index (χ0) is 19.6. The van der Waals surface area contributed by atoms with Crippen LogP contribution < -0.4 is 4.90 Å². The molecule has 4 heterocycles. The Morgan fingerprint density at radius 3 is 2.69 bits per heavy atom. The molecule has 2 aliphatic rings. The van der Waals surface area contributed by atoms with Crippen LogP contribution in [-0.4, -0.2) is 40.3 Å². The third-order valence-corrected chi connectivity index (χ3v) is 6.08. The van der Waals surface area contributed by atoms with E-state index in [1.54, 1.807) is 0 Å². The first-order valence-corrected chi connectivity index (χ1v) is 10.6. The molecule has 6 heteroatoms. The van der Waals surface area contributed by atoms with Crippen LogP contribution in [0.5, 0.6) is 0 Å². The molecule has 2 aromatic heterocycles. The van der Waals surface area contributed by atoms with Crippen molar-refractivity contribution in [1.29, 1.82) is 0 Å². The molecule has 5 nitrogen and oxygen atoms in total. The highest BCUT2D eigenvalue weighted by molar-refractivity contribution is 6.30. The summed E-state index contributed by atoms with van der Waals surface area (Å²) in [5.41, 5.74) is 4.26. The summed E-state index contributed by atoms with van der Waals surface area (Å²) < 4.78 is 2.05. The Morgan fingerprint density at radius 2 is 1.86 bits per heavy atom. The lowest BCUT2D eigenvalue weighted by Gasteiger charge is -2.29. The van der Waals surface area contributed by atoms with Crippen molar-refractivity contribution in [2.24, 2.45) is 4.99 Å². The summed E-state index contributed by atoms with van der Waals surface area (Å²) >= 11 is 6.54. The number of hydrogen-bond acceptors (Lipinski definition) is 4. The van der Waals surface area contributed by atoms with Crippen molar-refractivity contribution in [1.82, 2.24) is 14.3 Å². The van der Waals surface area contributed by atoms with Crippen LogP contribution >= 0.6 is 11.6 Å². The maximum absolute atomic E-state index is 6.54. The Bertz CT molecular complexity index is 1050. The molecule has 1 unspecified atom stereocenters. The zero-order valence-corrected chi connectivity index (χ0v) is 17.0. The van der Waals surface area contributed by atoms with Gasteiger partial charge in [0.2, 0.25) is 0 Å². The molecule has 3 aromatic rings. The normalized spacial score (nSPS) is 19.5. The van der Waals surface area contributed by atoms with Gasteiger partial charge < -0.3 is 14.2 Å². The Labute approximate surface area is 175 Å². The Balaban J connectivity index is 1.39. The standard InChI is InChI=1S/C23H24ClN5/c24-23-22(28-15-2-1-5-21(28)26-23)20-10-12-25-17-29(20)19-8-6-18(7-9-19)11-16-27-13-3-4-14-27/h1-2,5-10,12,15,17,20H,3-4,11,13-14,16H2. The van der Waals surface area contributed by atoms with Gasteiger partial charge in [0, 0.05) is 24.6 Å². The molecule has 29 heavy (non-hydrogen) atoms. The summed E-state index contributed by atoms with van der Waals surface area (Å²) in [6.45, 7) is 3.64. The smallest absolute Gasteiger partial charge is 0.153 e. The van der Waals surface area contributed by atoms with E-state index >= 15 is 0 Å². The van der Waals surface area contributed by atoms with Crippen LogP contribution in [0, 0.1) is 0 Å². The molecule has 5 rings (SSSR count). The lowest BCUT2D eigenvalue weighted by molar-refractivity contribution is 0.343. The number of rotatable bonds is 5. The topological polar surface area (TPSA) is 36.1 Å². The second-order valence-electron chi connectivity index (χ2n) is 7.64. The van der Waals surface area contributed by atoms with Gasteiger partial charge in [-0.05, 0) is 68.3 Å². The van der Waals surface area contributed by atoms with Crippen LogP contribution in [0.25, 0.3) is 5.65 Å². The van der Waals surface area contributed by atoms with E-state index in [1.165, 1.54) is 31.5 Å². The molecule has 148 valence electrons. The van der Waals surface area contributed by atoms with Crippen molar-refractivity contribution in [3.8, 4) is 0 Å². The molecule has 0 bridgehead atoms. The molecule has 1 atom stereocenters. The van der Waals surface area contributed by atoms with Crippen molar-refractivity contribution in [3.05, 3.63) is 77.3 Å². The van der Waals surface area contributed by atoms with Crippen LogP contribution in [0.2, 0.25) is 5.15 Å². The summed E-state index contributed by atoms with van der Waals surface area (Å²) in [4.78, 5) is 13.6. The maximum atomic E-state index is 6.54. The summed E-state index contributed by atoms with van der Waals surface area (Å²) in [6, 6.07) is 14.7. The van der Waals surface area contributed by atoms with Crippen LogP contribution in [0.4, 0.5) is 5.69 Å². The van der Waals surface area contributed by atoms with Crippen molar-refractivity contribution in [2.45, 2.75) is 25.3 Å². The molecule has 0 N–H and O–H groups in total. The van der Waals surface area contributed by atoms with E-state index in [-0.39, 0.29) is 6.04 Å². The highest BCUT2D eigenvalue weighted by Gasteiger charge is 2.25. The molecule has 1 fully saturated rings. The number of likely N-dealkylation sites (tertiary alicyclic amines) is 1. The summed E-state index contributed by atoms with van der Waals surface area (Å²) in [6.07, 6.45) is 11.5. The molecule has 0 radical (unpaired) electrons. The number of anilines is 1. The van der Waals surface area contributed by atoms with Gasteiger partial charge in [0.25, 0.3) is 0 Å². The fourth-order valence-electron chi connectivity index (χ4n) is 4.24. The molecule has 0 saturated carbocycles. The second-order valence-corrected chi connectivity index (χ2v) is 8.00. The number of halogens is 1. The summed E-state index contributed by atoms with van der Waals surface area (Å²) in [5, 5.41) is 0.522. The van der Waals surface area contributed by atoms with E-state index in [4.69, 9.17) is 11.6 Å². The minimum Gasteiger partial charge on any atom is -0.320 e. The first-order valence-electron chi connectivity index (χ1n) is 10.2. The fraction of sp³-hybridized carbons (Fsp3) is 0.304. The number of benzene rings is 1. The predicted molar refractivity (Wildman–Crippen MR) is 119 cm³/mol. The van der Waals surface area contributed by atoms with Crippen LogP contribution in [-0.2, 0) is 6.42 Å². The molecule has 0 amide bonds. The van der Waals surface area contributed by atoms with E-state index < -0.39 is 0 Å². The minimum atomic E-state index is -0.0622. The SMILES string of the molecule is Clc1nc2ccccn2c1C1C=CN=CN1c1ccc(CCN2CCCC2)cc1. The van der Waals surface area contributed by atoms with Gasteiger partial charge >= 0.3 is 0 Å². The molecular formula is C23H24ClN5. The van der Waals surface area contributed by atoms with E-state index in [2.05, 4.69) is 50.1 Å². The third kappa shape index (κ3) is 3.68. The van der Waals surface area contributed by atoms with E-state index in [1.807, 2.05) is 41.3 Å². The highest BCUT2D eigenvalue weighted by atomic mass is 35.5. The van der Waals surface area contributed by atoms with E-state index in [0.717, 1.165) is 30.0 Å². The molecule has 1 saturated heterocycles. The number of pyridine rings is 1. The van der Waals surface area contributed by atoms with Crippen molar-refractivity contribution < 1.29 is 0 Å². The Morgan fingerprint density at radius 1 is 1.03 bits per heavy atom. The van der Waals surface area contributed by atoms with Gasteiger partial charge in [-0.2, -0.15) is 0 Å². The van der Waals surface area contributed by atoms with Gasteiger partial charge in [-0.1, -0.05) is 29.8 Å². The monoisotopic (exact) mass is 405 g/mol. The van der Waals surface area contributed by atoms with Gasteiger partial charge in [0.05, 0.1) is 18.1 Å². The Hall–Kier alpha value is -2.63. The number of nitrogens with zero attached hydrogens (tertiary/aromatic N) is 5. The highest BCUT2D eigenvalue weighted by Crippen LogP contribution is 2.33. The van der Waals surface area contributed by atoms with Gasteiger partial charge in [0.1, 0.15) is 5.65 Å². The predicted octanol–water partition coefficient (Wildman–Crippen LogP) is 4.73. The molecule has 0 spiro atoms. The quantitative estimate of drug-likeness (QED) is 0.615. The number of fused-ring (bicyclic) bond motifs is 1. The average molecular weight is 406 g/mol. The van der Waals surface area contributed by atoms with E-state index in [0.29, 0.717) is 5.15 Å². The van der Waals surface area contributed by atoms with E-state index in [9.17, 15) is 0 Å². The minimum absolute atomic E-state index is 0.0622. The summed E-state index contributed by atoms with van der Waals surface area (Å²) in [7, 11) is 0. The molecular weight excluding hydrogens is 382 g/mol. The Kier molecular flexibility index (Phi) is 5.08. The fourth-order valence-corrected chi connectivity index (χ4v) is 4.52. The van der Waals surface area contributed by atoms with Gasteiger partial charge in [-0.25, -0.2) is 9.98 Å². The number of aromatic nitrogens is 2. The van der Waals surface area contributed by atoms with Crippen LogP contribution in [0.1, 0.15) is 30.1 Å². The number of imidazole rings is 1. The first-order chi connectivity index (χ1) is 14.3. The van der Waals surface area contributed by atoms with Gasteiger partial charge in [-0.3, -0.25) is 0 Å². The molecule has 2 aliphatic heterocycles. The number of hydrogen-bond donors (Lipinski definition) is 0. The zero-order valence-electron chi connectivity index (χ0n) is 16.3. The lowest BCUT2D eigenvalue weighted by Crippen LogP contribution is -2.28. The average Bonchev–Trinajstić information content (AvgIpc) is 3.39. The van der Waals surface area contributed by atoms with Gasteiger partial charge in [-0.15, -0.1) is 0 Å². The van der Waals surface area contributed by atoms with Crippen molar-refractivity contribution >= 4 is 29.3 Å². The third-order valence-electron chi connectivity index (χ3n) is 5.80. The van der Waals surface area contributed by atoms with Crippen LogP contribution in [0.3, 0.4) is 0 Å². The maximum Gasteiger partial charge on any atom is 0.153 e. The van der Waals surface area contributed by atoms with Gasteiger partial charge in [0.15, 0.2) is 5.15 Å². The second kappa shape index (κ2) is 8.01. The lowest BCUT2D eigenvalue weighted by atomic mass is 10.1. The number of aliphatic imine (C=N–C) groups is 1. The summed E-state index contributed by atoms with van der Waals surface area (Å²) in [5.74, 6) is 0. The largest absolute Gasteiger partial charge is 0.320 e. The molecule has 0 aliphatic carbocycles. The van der Waals surface area contributed by atoms with Crippen molar-refractivity contribution in [3.63, 3.8) is 0 Å². The van der Waals surface area contributed by atoms with Crippen molar-refractivity contribution in [2.75, 3.05) is 24.5 Å².